The lowest BCUT2D eigenvalue weighted by Crippen LogP contribution is -2.10. The summed E-state index contributed by atoms with van der Waals surface area (Å²) in [6.07, 6.45) is 1.49. The Kier molecular flexibility index (Phi) is 4.60. The first-order valence-corrected chi connectivity index (χ1v) is 6.85. The number of methoxy groups -OCH3 is 2. The Morgan fingerprint density at radius 3 is 2.32 bits per heavy atom. The monoisotopic (exact) mass is 302 g/mol. The van der Waals surface area contributed by atoms with E-state index in [0.29, 0.717) is 0 Å². The summed E-state index contributed by atoms with van der Waals surface area (Å²) in [5.41, 5.74) is 1.87. The zero-order valence-corrected chi connectivity index (χ0v) is 13.0. The quantitative estimate of drug-likeness (QED) is 0.812. The van der Waals surface area contributed by atoms with Gasteiger partial charge in [-0.3, -0.25) is 0 Å². The number of carbonyl (C=O) groups excluding carboxylic acids is 2. The molecule has 0 spiro atoms. The van der Waals surface area contributed by atoms with E-state index in [9.17, 15) is 9.59 Å². The first kappa shape index (κ1) is 15.8. The van der Waals surface area contributed by atoms with Gasteiger partial charge in [-0.2, -0.15) is 5.10 Å². The molecule has 2 rings (SSSR count). The van der Waals surface area contributed by atoms with Gasteiger partial charge in [0.05, 0.1) is 19.9 Å². The molecule has 1 heterocycles. The Morgan fingerprint density at radius 1 is 1.09 bits per heavy atom. The van der Waals surface area contributed by atoms with Gasteiger partial charge in [-0.15, -0.1) is 0 Å². The van der Waals surface area contributed by atoms with Crippen molar-refractivity contribution in [2.75, 3.05) is 14.2 Å². The molecular weight excluding hydrogens is 284 g/mol. The summed E-state index contributed by atoms with van der Waals surface area (Å²) in [6, 6.07) is 7.67. The third kappa shape index (κ3) is 2.86. The fourth-order valence-electron chi connectivity index (χ4n) is 2.19. The van der Waals surface area contributed by atoms with Crippen LogP contribution in [0.15, 0.2) is 30.5 Å². The Labute approximate surface area is 128 Å². The summed E-state index contributed by atoms with van der Waals surface area (Å²) in [5, 5.41) is 4.20. The molecule has 0 N–H and O–H groups in total. The number of nitrogens with zero attached hydrogens (tertiary/aromatic N) is 2. The van der Waals surface area contributed by atoms with Crippen LogP contribution < -0.4 is 0 Å². The number of aromatic nitrogens is 2. The lowest BCUT2D eigenvalue weighted by Gasteiger charge is -2.12. The predicted octanol–water partition coefficient (Wildman–Crippen LogP) is 2.57. The molecule has 6 heteroatoms. The molecule has 0 saturated carbocycles. The third-order valence-corrected chi connectivity index (χ3v) is 3.30. The number of para-hydroxylation sites is 1. The van der Waals surface area contributed by atoms with Gasteiger partial charge in [0.15, 0.2) is 5.69 Å². The minimum atomic E-state index is -0.679. The average Bonchev–Trinajstić information content (AvgIpc) is 2.98. The topological polar surface area (TPSA) is 70.4 Å². The standard InChI is InChI=1S/C16H18N2O4/c1-10(2)11-7-5-6-8-13(11)18-9-12(15(19)21-3)14(17-18)16(20)22-4/h5-10H,1-4H3. The fourth-order valence-corrected chi connectivity index (χ4v) is 2.19. The van der Waals surface area contributed by atoms with Crippen LogP contribution in [0.5, 0.6) is 0 Å². The maximum atomic E-state index is 11.8. The maximum Gasteiger partial charge on any atom is 0.359 e. The van der Waals surface area contributed by atoms with Gasteiger partial charge >= 0.3 is 11.9 Å². The Hall–Kier alpha value is -2.63. The first-order valence-electron chi connectivity index (χ1n) is 6.85. The number of rotatable bonds is 4. The van der Waals surface area contributed by atoms with Crippen LogP contribution in [0.4, 0.5) is 0 Å². The van der Waals surface area contributed by atoms with Gasteiger partial charge in [-0.05, 0) is 17.5 Å². The highest BCUT2D eigenvalue weighted by atomic mass is 16.5. The van der Waals surface area contributed by atoms with Gasteiger partial charge in [0, 0.05) is 6.20 Å². The van der Waals surface area contributed by atoms with Gasteiger partial charge in [-0.25, -0.2) is 14.3 Å². The van der Waals surface area contributed by atoms with Crippen LogP contribution in [0.1, 0.15) is 46.2 Å². The minimum absolute atomic E-state index is 0.0621. The van der Waals surface area contributed by atoms with Crippen LogP contribution in [0, 0.1) is 0 Å². The molecule has 1 aromatic carbocycles. The van der Waals surface area contributed by atoms with E-state index >= 15 is 0 Å². The summed E-state index contributed by atoms with van der Waals surface area (Å²) in [7, 11) is 2.49. The van der Waals surface area contributed by atoms with E-state index < -0.39 is 11.9 Å². The average molecular weight is 302 g/mol. The molecule has 22 heavy (non-hydrogen) atoms. The number of hydrogen-bond acceptors (Lipinski definition) is 5. The van der Waals surface area contributed by atoms with E-state index in [1.54, 1.807) is 0 Å². The lowest BCUT2D eigenvalue weighted by atomic mass is 10.0. The second-order valence-electron chi connectivity index (χ2n) is 5.03. The van der Waals surface area contributed by atoms with Gasteiger partial charge in [0.1, 0.15) is 5.56 Å². The van der Waals surface area contributed by atoms with E-state index in [4.69, 9.17) is 4.74 Å². The molecule has 6 nitrogen and oxygen atoms in total. The van der Waals surface area contributed by atoms with Crippen molar-refractivity contribution in [3.63, 3.8) is 0 Å². The zero-order valence-electron chi connectivity index (χ0n) is 13.0. The zero-order chi connectivity index (χ0) is 16.3. The Bertz CT molecular complexity index is 670. The third-order valence-electron chi connectivity index (χ3n) is 3.30. The Morgan fingerprint density at radius 2 is 1.73 bits per heavy atom. The van der Waals surface area contributed by atoms with Crippen molar-refractivity contribution < 1.29 is 19.1 Å². The van der Waals surface area contributed by atoms with Crippen molar-refractivity contribution in [2.24, 2.45) is 0 Å². The molecule has 0 radical (unpaired) electrons. The smallest absolute Gasteiger partial charge is 0.359 e. The summed E-state index contributed by atoms with van der Waals surface area (Å²) in [6.45, 7) is 4.12. The molecule has 0 atom stereocenters. The van der Waals surface area contributed by atoms with Gasteiger partial charge < -0.3 is 9.47 Å². The molecular formula is C16H18N2O4. The molecule has 0 amide bonds. The van der Waals surface area contributed by atoms with Crippen molar-refractivity contribution >= 4 is 11.9 Å². The molecule has 2 aromatic rings. The van der Waals surface area contributed by atoms with E-state index in [-0.39, 0.29) is 17.2 Å². The van der Waals surface area contributed by atoms with Gasteiger partial charge in [0.25, 0.3) is 0 Å². The van der Waals surface area contributed by atoms with Crippen LogP contribution in [0.2, 0.25) is 0 Å². The summed E-state index contributed by atoms with van der Waals surface area (Å²) >= 11 is 0. The number of carbonyl (C=O) groups is 2. The summed E-state index contributed by atoms with van der Waals surface area (Å²) in [5.74, 6) is -1.04. The number of hydrogen-bond donors (Lipinski definition) is 0. The van der Waals surface area contributed by atoms with E-state index in [2.05, 4.69) is 23.7 Å². The molecule has 1 aromatic heterocycles. The van der Waals surface area contributed by atoms with Crippen molar-refractivity contribution in [3.05, 3.63) is 47.3 Å². The minimum Gasteiger partial charge on any atom is -0.465 e. The number of benzene rings is 1. The van der Waals surface area contributed by atoms with Crippen LogP contribution in [-0.4, -0.2) is 35.9 Å². The second kappa shape index (κ2) is 6.43. The van der Waals surface area contributed by atoms with Crippen LogP contribution in [0.3, 0.4) is 0 Å². The number of ether oxygens (including phenoxy) is 2. The molecule has 0 saturated heterocycles. The highest BCUT2D eigenvalue weighted by Gasteiger charge is 2.24. The van der Waals surface area contributed by atoms with Crippen molar-refractivity contribution in [2.45, 2.75) is 19.8 Å². The molecule has 0 bridgehead atoms. The molecule has 0 aliphatic carbocycles. The van der Waals surface area contributed by atoms with Gasteiger partial charge in [0.2, 0.25) is 0 Å². The summed E-state index contributed by atoms with van der Waals surface area (Å²) < 4.78 is 10.9. The van der Waals surface area contributed by atoms with E-state index in [1.165, 1.54) is 25.1 Å². The maximum absolute atomic E-state index is 11.8. The largest absolute Gasteiger partial charge is 0.465 e. The van der Waals surface area contributed by atoms with Crippen molar-refractivity contribution in [3.8, 4) is 5.69 Å². The Balaban J connectivity index is 2.61. The van der Waals surface area contributed by atoms with Crippen molar-refractivity contribution in [1.82, 2.24) is 9.78 Å². The van der Waals surface area contributed by atoms with Gasteiger partial charge in [-0.1, -0.05) is 32.0 Å². The molecule has 0 aliphatic heterocycles. The molecule has 0 aliphatic rings. The highest BCUT2D eigenvalue weighted by molar-refractivity contribution is 6.01. The second-order valence-corrected chi connectivity index (χ2v) is 5.03. The van der Waals surface area contributed by atoms with E-state index in [0.717, 1.165) is 11.3 Å². The lowest BCUT2D eigenvalue weighted by molar-refractivity contribution is 0.0552. The fraction of sp³-hybridized carbons (Fsp3) is 0.312. The highest BCUT2D eigenvalue weighted by Crippen LogP contribution is 2.23. The SMILES string of the molecule is COC(=O)c1cn(-c2ccccc2C(C)C)nc1C(=O)OC. The molecule has 0 fully saturated rings. The van der Waals surface area contributed by atoms with E-state index in [1.807, 2.05) is 24.3 Å². The van der Waals surface area contributed by atoms with Crippen molar-refractivity contribution in [1.29, 1.82) is 0 Å². The summed E-state index contributed by atoms with van der Waals surface area (Å²) in [4.78, 5) is 23.6. The molecule has 0 unspecified atom stereocenters. The van der Waals surface area contributed by atoms with Crippen LogP contribution in [-0.2, 0) is 9.47 Å². The molecule has 116 valence electrons. The predicted molar refractivity (Wildman–Crippen MR) is 80.3 cm³/mol. The van der Waals surface area contributed by atoms with Crippen LogP contribution in [0.25, 0.3) is 5.69 Å². The normalized spacial score (nSPS) is 10.6. The number of esters is 2. The first-order chi connectivity index (χ1) is 10.5. The van der Waals surface area contributed by atoms with Crippen LogP contribution >= 0.6 is 0 Å².